The van der Waals surface area contributed by atoms with Crippen LogP contribution in [0.4, 0.5) is 13.2 Å². The molecule has 0 saturated heterocycles. The van der Waals surface area contributed by atoms with Gasteiger partial charge in [-0.15, -0.1) is 11.3 Å². The molecule has 0 aliphatic carbocycles. The van der Waals surface area contributed by atoms with E-state index in [-0.39, 0.29) is 0 Å². The first-order valence-corrected chi connectivity index (χ1v) is 7.74. The second-order valence-corrected chi connectivity index (χ2v) is 6.51. The summed E-state index contributed by atoms with van der Waals surface area (Å²) < 4.78 is 40.1. The highest BCUT2D eigenvalue weighted by molar-refractivity contribution is 9.10. The first kappa shape index (κ1) is 14.5. The van der Waals surface area contributed by atoms with Crippen molar-refractivity contribution in [1.29, 1.82) is 0 Å². The van der Waals surface area contributed by atoms with Gasteiger partial charge in [-0.2, -0.15) is 13.2 Å². The number of aromatic nitrogens is 1. The van der Waals surface area contributed by atoms with E-state index in [0.717, 1.165) is 25.8 Å². The van der Waals surface area contributed by atoms with Gasteiger partial charge in [-0.3, -0.25) is 0 Å². The number of alkyl halides is 3. The van der Waals surface area contributed by atoms with Crippen LogP contribution in [0.25, 0.3) is 10.2 Å². The molecule has 1 aromatic heterocycles. The monoisotopic (exact) mass is 371 g/mol. The van der Waals surface area contributed by atoms with Crippen LogP contribution in [0.5, 0.6) is 0 Å². The lowest BCUT2D eigenvalue weighted by Crippen LogP contribution is -2.05. The molecular formula is C15H9BrF3NS. The van der Waals surface area contributed by atoms with Crippen molar-refractivity contribution in [1.82, 2.24) is 4.98 Å². The Morgan fingerprint density at radius 1 is 1.10 bits per heavy atom. The van der Waals surface area contributed by atoms with Crippen molar-refractivity contribution in [3.63, 3.8) is 0 Å². The van der Waals surface area contributed by atoms with Gasteiger partial charge >= 0.3 is 6.18 Å². The lowest BCUT2D eigenvalue weighted by molar-refractivity contribution is -0.137. The number of benzene rings is 2. The molecule has 1 nitrogen and oxygen atoms in total. The molecule has 0 spiro atoms. The van der Waals surface area contributed by atoms with Crippen LogP contribution in [-0.4, -0.2) is 4.98 Å². The van der Waals surface area contributed by atoms with Crippen LogP contribution in [0.2, 0.25) is 0 Å². The molecule has 1 heterocycles. The lowest BCUT2D eigenvalue weighted by Gasteiger charge is -2.07. The van der Waals surface area contributed by atoms with Gasteiger partial charge < -0.3 is 0 Å². The summed E-state index contributed by atoms with van der Waals surface area (Å²) in [6.07, 6.45) is -3.91. The van der Waals surface area contributed by atoms with E-state index in [2.05, 4.69) is 20.9 Å². The molecule has 0 N–H and O–H groups in total. The van der Waals surface area contributed by atoms with Crippen molar-refractivity contribution in [3.8, 4) is 0 Å². The van der Waals surface area contributed by atoms with Crippen molar-refractivity contribution in [2.24, 2.45) is 0 Å². The number of rotatable bonds is 2. The summed E-state index contributed by atoms with van der Waals surface area (Å²) in [5.41, 5.74) is 0.846. The van der Waals surface area contributed by atoms with Crippen LogP contribution in [0.1, 0.15) is 16.1 Å². The molecule has 0 amide bonds. The van der Waals surface area contributed by atoms with Crippen LogP contribution in [0, 0.1) is 0 Å². The summed E-state index contributed by atoms with van der Waals surface area (Å²) in [6.45, 7) is 0. The van der Waals surface area contributed by atoms with E-state index in [4.69, 9.17) is 0 Å². The van der Waals surface area contributed by atoms with Crippen molar-refractivity contribution in [2.45, 2.75) is 12.6 Å². The minimum Gasteiger partial charge on any atom is -0.241 e. The highest BCUT2D eigenvalue weighted by Crippen LogP contribution is 2.32. The third-order valence-corrected chi connectivity index (χ3v) is 5.05. The molecule has 0 radical (unpaired) electrons. The molecule has 0 aliphatic heterocycles. The molecule has 0 unspecified atom stereocenters. The average Bonchev–Trinajstić information content (AvgIpc) is 2.82. The van der Waals surface area contributed by atoms with Crippen LogP contribution < -0.4 is 0 Å². The van der Waals surface area contributed by atoms with Crippen molar-refractivity contribution < 1.29 is 13.2 Å². The largest absolute Gasteiger partial charge is 0.416 e. The average molecular weight is 372 g/mol. The summed E-state index contributed by atoms with van der Waals surface area (Å²) in [5, 5.41) is 0.802. The predicted molar refractivity (Wildman–Crippen MR) is 81.6 cm³/mol. The van der Waals surface area contributed by atoms with Crippen LogP contribution in [0.15, 0.2) is 46.9 Å². The summed E-state index contributed by atoms with van der Waals surface area (Å²) in [7, 11) is 0. The second kappa shape index (κ2) is 5.42. The zero-order valence-electron chi connectivity index (χ0n) is 10.6. The second-order valence-electron chi connectivity index (χ2n) is 4.57. The Labute approximate surface area is 131 Å². The topological polar surface area (TPSA) is 12.9 Å². The molecule has 0 fully saturated rings. The fraction of sp³-hybridized carbons (Fsp3) is 0.133. The van der Waals surface area contributed by atoms with Gasteiger partial charge in [0.15, 0.2) is 0 Å². The minimum atomic E-state index is -4.31. The first-order valence-electron chi connectivity index (χ1n) is 6.13. The standard InChI is InChI=1S/C15H9BrF3NS/c16-11-5-2-6-12-14(11)21-13(20-12)8-9-3-1-4-10(7-9)15(17,18)19/h1-7H,8H2. The molecule has 0 atom stereocenters. The lowest BCUT2D eigenvalue weighted by atomic mass is 10.1. The fourth-order valence-electron chi connectivity index (χ4n) is 2.07. The Bertz CT molecular complexity index is 795. The molecule has 108 valence electrons. The number of halogens is 4. The molecule has 2 aromatic carbocycles. The number of thiazole rings is 1. The molecule has 3 aromatic rings. The highest BCUT2D eigenvalue weighted by atomic mass is 79.9. The molecule has 21 heavy (non-hydrogen) atoms. The van der Waals surface area contributed by atoms with E-state index in [1.807, 2.05) is 18.2 Å². The van der Waals surface area contributed by atoms with E-state index >= 15 is 0 Å². The SMILES string of the molecule is FC(F)(F)c1cccc(Cc2nc3cccc(Br)c3s2)c1. The Morgan fingerprint density at radius 3 is 2.57 bits per heavy atom. The van der Waals surface area contributed by atoms with Gasteiger partial charge in [-0.1, -0.05) is 24.3 Å². The summed E-state index contributed by atoms with van der Waals surface area (Å²) in [5.74, 6) is 0. The van der Waals surface area contributed by atoms with Crippen molar-refractivity contribution in [3.05, 3.63) is 63.1 Å². The maximum atomic E-state index is 12.7. The van der Waals surface area contributed by atoms with Gasteiger partial charge in [0, 0.05) is 10.9 Å². The number of hydrogen-bond acceptors (Lipinski definition) is 2. The molecule has 3 rings (SSSR count). The predicted octanol–water partition coefficient (Wildman–Crippen LogP) is 5.67. The highest BCUT2D eigenvalue weighted by Gasteiger charge is 2.30. The van der Waals surface area contributed by atoms with E-state index in [1.54, 1.807) is 6.07 Å². The zero-order chi connectivity index (χ0) is 15.0. The van der Waals surface area contributed by atoms with Gasteiger partial charge in [-0.25, -0.2) is 4.98 Å². The van der Waals surface area contributed by atoms with E-state index in [9.17, 15) is 13.2 Å². The maximum Gasteiger partial charge on any atom is 0.416 e. The number of hydrogen-bond donors (Lipinski definition) is 0. The van der Waals surface area contributed by atoms with Gasteiger partial charge in [0.1, 0.15) is 0 Å². The summed E-state index contributed by atoms with van der Waals surface area (Å²) >= 11 is 4.95. The summed E-state index contributed by atoms with van der Waals surface area (Å²) in [4.78, 5) is 4.47. The van der Waals surface area contributed by atoms with E-state index in [1.165, 1.54) is 23.5 Å². The van der Waals surface area contributed by atoms with Crippen LogP contribution >= 0.6 is 27.3 Å². The van der Waals surface area contributed by atoms with Crippen molar-refractivity contribution in [2.75, 3.05) is 0 Å². The van der Waals surface area contributed by atoms with Gasteiger partial charge in [0.2, 0.25) is 0 Å². The summed E-state index contributed by atoms with van der Waals surface area (Å²) in [6, 6.07) is 11.1. The molecular weight excluding hydrogens is 363 g/mol. The minimum absolute atomic E-state index is 0.399. The number of fused-ring (bicyclic) bond motifs is 1. The van der Waals surface area contributed by atoms with E-state index in [0.29, 0.717) is 12.0 Å². The molecule has 0 aliphatic rings. The van der Waals surface area contributed by atoms with Crippen molar-refractivity contribution >= 4 is 37.5 Å². The van der Waals surface area contributed by atoms with Gasteiger partial charge in [0.05, 0.1) is 20.8 Å². The quantitative estimate of drug-likeness (QED) is 0.565. The Balaban J connectivity index is 1.93. The molecule has 0 saturated carbocycles. The Hall–Kier alpha value is -1.40. The third-order valence-electron chi connectivity index (χ3n) is 3.02. The van der Waals surface area contributed by atoms with Crippen LogP contribution in [0.3, 0.4) is 0 Å². The smallest absolute Gasteiger partial charge is 0.241 e. The third kappa shape index (κ3) is 3.11. The number of nitrogens with zero attached hydrogens (tertiary/aromatic N) is 1. The maximum absolute atomic E-state index is 12.7. The Morgan fingerprint density at radius 2 is 1.86 bits per heavy atom. The first-order chi connectivity index (χ1) is 9.93. The van der Waals surface area contributed by atoms with E-state index < -0.39 is 11.7 Å². The fourth-order valence-corrected chi connectivity index (χ4v) is 3.67. The molecule has 6 heteroatoms. The normalized spacial score (nSPS) is 12.0. The molecule has 0 bridgehead atoms. The van der Waals surface area contributed by atoms with Gasteiger partial charge in [-0.05, 0) is 39.7 Å². The van der Waals surface area contributed by atoms with Gasteiger partial charge in [0.25, 0.3) is 0 Å². The zero-order valence-corrected chi connectivity index (χ0v) is 13.0. The Kier molecular flexibility index (Phi) is 3.75. The van der Waals surface area contributed by atoms with Crippen LogP contribution in [-0.2, 0) is 12.6 Å².